The molecule has 0 aliphatic carbocycles. The van der Waals surface area contributed by atoms with E-state index in [0.29, 0.717) is 6.42 Å². The summed E-state index contributed by atoms with van der Waals surface area (Å²) in [6.07, 6.45) is 3.21. The third kappa shape index (κ3) is 4.31. The summed E-state index contributed by atoms with van der Waals surface area (Å²) in [4.78, 5) is 26.7. The highest BCUT2D eigenvalue weighted by Crippen LogP contribution is 2.28. The topological polar surface area (TPSA) is 61.4 Å². The number of carbonyl (C=O) groups is 2. The number of hydrogen-bond acceptors (Lipinski definition) is 3. The van der Waals surface area contributed by atoms with Gasteiger partial charge in [0.15, 0.2) is 0 Å². The number of amides is 2. The molecule has 2 aliphatic rings. The number of fused-ring (bicyclic) bond motifs is 1. The van der Waals surface area contributed by atoms with Crippen LogP contribution in [0.4, 0.5) is 11.4 Å². The molecule has 4 rings (SSSR count). The molecule has 142 valence electrons. The maximum Gasteiger partial charge on any atom is 0.241 e. The zero-order valence-corrected chi connectivity index (χ0v) is 15.9. The van der Waals surface area contributed by atoms with Crippen LogP contribution in [0.2, 0.25) is 0 Å². The van der Waals surface area contributed by atoms with Gasteiger partial charge in [0.2, 0.25) is 11.8 Å². The van der Waals surface area contributed by atoms with Gasteiger partial charge in [-0.05, 0) is 55.1 Å². The van der Waals surface area contributed by atoms with Gasteiger partial charge in [0.05, 0.1) is 12.5 Å². The Morgan fingerprint density at radius 1 is 1.11 bits per heavy atom. The number of nitrogens with zero attached hydrogens (tertiary/aromatic N) is 1. The van der Waals surface area contributed by atoms with E-state index in [2.05, 4.69) is 16.7 Å². The van der Waals surface area contributed by atoms with Crippen molar-refractivity contribution in [1.29, 1.82) is 0 Å². The van der Waals surface area contributed by atoms with Gasteiger partial charge < -0.3 is 15.5 Å². The summed E-state index contributed by atoms with van der Waals surface area (Å²) in [6, 6.07) is 15.6. The molecule has 0 spiro atoms. The van der Waals surface area contributed by atoms with Gasteiger partial charge in [0.25, 0.3) is 0 Å². The third-order valence-corrected chi connectivity index (χ3v) is 5.14. The summed E-state index contributed by atoms with van der Waals surface area (Å²) < 4.78 is 0. The smallest absolute Gasteiger partial charge is 0.241 e. The first-order valence-corrected chi connectivity index (χ1v) is 9.22. The molecule has 1 unspecified atom stereocenters. The van der Waals surface area contributed by atoms with E-state index in [-0.39, 0.29) is 30.3 Å². The second-order valence-corrected chi connectivity index (χ2v) is 6.94. The maximum absolute atomic E-state index is 12.7. The molecular formula is C21H24ClN3O2. The molecule has 5 nitrogen and oxygen atoms in total. The Balaban J connectivity index is 0.00000210. The van der Waals surface area contributed by atoms with Gasteiger partial charge in [-0.25, -0.2) is 0 Å². The van der Waals surface area contributed by atoms with E-state index in [0.717, 1.165) is 49.3 Å². The van der Waals surface area contributed by atoms with Crippen LogP contribution in [-0.2, 0) is 22.4 Å². The van der Waals surface area contributed by atoms with Crippen LogP contribution in [0.25, 0.3) is 0 Å². The summed E-state index contributed by atoms with van der Waals surface area (Å²) in [6.45, 7) is 1.65. The van der Waals surface area contributed by atoms with Crippen molar-refractivity contribution < 1.29 is 9.59 Å². The van der Waals surface area contributed by atoms with Crippen LogP contribution in [0.3, 0.4) is 0 Å². The van der Waals surface area contributed by atoms with Crippen LogP contribution >= 0.6 is 12.4 Å². The second kappa shape index (κ2) is 8.55. The summed E-state index contributed by atoms with van der Waals surface area (Å²) in [5.41, 5.74) is 3.99. The van der Waals surface area contributed by atoms with E-state index < -0.39 is 0 Å². The average Bonchev–Trinajstić information content (AvgIpc) is 3.33. The Morgan fingerprint density at radius 2 is 1.89 bits per heavy atom. The van der Waals surface area contributed by atoms with E-state index in [1.165, 1.54) is 5.56 Å². The van der Waals surface area contributed by atoms with Crippen molar-refractivity contribution in [3.63, 3.8) is 0 Å². The molecule has 0 bridgehead atoms. The normalized spacial score (nSPS) is 17.9. The fourth-order valence-electron chi connectivity index (χ4n) is 3.71. The molecule has 1 atom stereocenters. The van der Waals surface area contributed by atoms with E-state index in [4.69, 9.17) is 0 Å². The number of nitrogens with one attached hydrogen (secondary N) is 2. The van der Waals surface area contributed by atoms with Gasteiger partial charge >= 0.3 is 0 Å². The number of anilines is 2. The first-order chi connectivity index (χ1) is 12.7. The quantitative estimate of drug-likeness (QED) is 0.850. The molecule has 1 fully saturated rings. The molecule has 0 saturated carbocycles. The van der Waals surface area contributed by atoms with Crippen LogP contribution in [0.15, 0.2) is 48.5 Å². The predicted octanol–water partition coefficient (Wildman–Crippen LogP) is 2.93. The number of carbonyl (C=O) groups excluding carboxylic acids is 2. The number of halogens is 1. The minimum Gasteiger partial charge on any atom is -0.325 e. The van der Waals surface area contributed by atoms with Crippen molar-refractivity contribution in [3.8, 4) is 0 Å². The van der Waals surface area contributed by atoms with Crippen LogP contribution in [0.1, 0.15) is 24.0 Å². The Hall–Kier alpha value is -2.37. The van der Waals surface area contributed by atoms with Gasteiger partial charge in [-0.3, -0.25) is 9.59 Å². The Morgan fingerprint density at radius 3 is 2.63 bits per heavy atom. The molecule has 27 heavy (non-hydrogen) atoms. The highest BCUT2D eigenvalue weighted by molar-refractivity contribution is 5.97. The van der Waals surface area contributed by atoms with E-state index >= 15 is 0 Å². The summed E-state index contributed by atoms with van der Waals surface area (Å²) in [5.74, 6) is 0.127. The Bertz CT molecular complexity index is 816. The molecule has 2 aliphatic heterocycles. The minimum atomic E-state index is -0.0912. The van der Waals surface area contributed by atoms with Crippen molar-refractivity contribution in [2.24, 2.45) is 0 Å². The first kappa shape index (κ1) is 19.4. The number of rotatable bonds is 4. The SMILES string of the molecule is Cl.O=C(Nc1ccc(CC(=O)N2CCc3ccccc32)cc1)C1CCCN1. The Labute approximate surface area is 165 Å². The highest BCUT2D eigenvalue weighted by atomic mass is 35.5. The molecule has 1 saturated heterocycles. The van der Waals surface area contributed by atoms with Crippen molar-refractivity contribution in [2.75, 3.05) is 23.3 Å². The predicted molar refractivity (Wildman–Crippen MR) is 110 cm³/mol. The number of hydrogen-bond donors (Lipinski definition) is 2. The lowest BCUT2D eigenvalue weighted by molar-refractivity contribution is -0.118. The highest BCUT2D eigenvalue weighted by Gasteiger charge is 2.24. The molecule has 6 heteroatoms. The average molecular weight is 386 g/mol. The van der Waals surface area contributed by atoms with E-state index in [9.17, 15) is 9.59 Å². The monoisotopic (exact) mass is 385 g/mol. The lowest BCUT2D eigenvalue weighted by Gasteiger charge is -2.17. The molecular weight excluding hydrogens is 362 g/mol. The van der Waals surface area contributed by atoms with E-state index in [1.807, 2.05) is 47.4 Å². The summed E-state index contributed by atoms with van der Waals surface area (Å²) >= 11 is 0. The largest absolute Gasteiger partial charge is 0.325 e. The fraction of sp³-hybridized carbons (Fsp3) is 0.333. The van der Waals surface area contributed by atoms with Crippen LogP contribution < -0.4 is 15.5 Å². The molecule has 0 radical (unpaired) electrons. The van der Waals surface area contributed by atoms with Gasteiger partial charge in [0, 0.05) is 17.9 Å². The van der Waals surface area contributed by atoms with Crippen molar-refractivity contribution in [1.82, 2.24) is 5.32 Å². The number of para-hydroxylation sites is 1. The van der Waals surface area contributed by atoms with Crippen LogP contribution in [-0.4, -0.2) is 30.9 Å². The van der Waals surface area contributed by atoms with Crippen molar-refractivity contribution >= 4 is 35.6 Å². The van der Waals surface area contributed by atoms with Crippen molar-refractivity contribution in [3.05, 3.63) is 59.7 Å². The molecule has 2 aromatic rings. The zero-order chi connectivity index (χ0) is 17.9. The number of benzene rings is 2. The fourth-order valence-corrected chi connectivity index (χ4v) is 3.71. The molecule has 2 amide bonds. The first-order valence-electron chi connectivity index (χ1n) is 9.22. The summed E-state index contributed by atoms with van der Waals surface area (Å²) in [7, 11) is 0. The van der Waals surface area contributed by atoms with Gasteiger partial charge in [-0.15, -0.1) is 12.4 Å². The third-order valence-electron chi connectivity index (χ3n) is 5.14. The molecule has 2 heterocycles. The van der Waals surface area contributed by atoms with Crippen LogP contribution in [0, 0.1) is 0 Å². The molecule has 2 N–H and O–H groups in total. The van der Waals surface area contributed by atoms with Gasteiger partial charge in [-0.1, -0.05) is 30.3 Å². The molecule has 0 aromatic heterocycles. The molecule has 2 aromatic carbocycles. The van der Waals surface area contributed by atoms with E-state index in [1.54, 1.807) is 0 Å². The summed E-state index contributed by atoms with van der Waals surface area (Å²) in [5, 5.41) is 6.13. The zero-order valence-electron chi connectivity index (χ0n) is 15.1. The Kier molecular flexibility index (Phi) is 6.14. The standard InChI is InChI=1S/C21H23N3O2.ClH/c25-20(24-13-11-16-4-1-2-6-19(16)24)14-15-7-9-17(10-8-15)23-21(26)18-5-3-12-22-18;/h1-2,4,6-10,18,22H,3,5,11-14H2,(H,23,26);1H. The maximum atomic E-state index is 12.7. The van der Waals surface area contributed by atoms with Gasteiger partial charge in [-0.2, -0.15) is 0 Å². The lowest BCUT2D eigenvalue weighted by atomic mass is 10.1. The lowest BCUT2D eigenvalue weighted by Crippen LogP contribution is -2.35. The van der Waals surface area contributed by atoms with Gasteiger partial charge in [0.1, 0.15) is 0 Å². The second-order valence-electron chi connectivity index (χ2n) is 6.94. The van der Waals surface area contributed by atoms with Crippen molar-refractivity contribution in [2.45, 2.75) is 31.7 Å². The minimum absolute atomic E-state index is 0. The van der Waals surface area contributed by atoms with Crippen LogP contribution in [0.5, 0.6) is 0 Å².